The monoisotopic (exact) mass is 676 g/mol. The molecule has 3 aromatic carbocycles. The third-order valence-corrected chi connectivity index (χ3v) is 11.5. The number of likely N-dealkylation sites (tertiary alicyclic amines) is 1. The van der Waals surface area contributed by atoms with E-state index in [2.05, 4.69) is 10.0 Å². The summed E-state index contributed by atoms with van der Waals surface area (Å²) in [6, 6.07) is 19.2. The molecule has 6 N–H and O–H groups in total. The van der Waals surface area contributed by atoms with Crippen molar-refractivity contribution < 1.29 is 37.2 Å². The van der Waals surface area contributed by atoms with Crippen LogP contribution in [0.2, 0.25) is 0 Å². The third-order valence-electron chi connectivity index (χ3n) is 7.45. The van der Waals surface area contributed by atoms with Crippen molar-refractivity contribution in [2.75, 3.05) is 24.3 Å². The van der Waals surface area contributed by atoms with Crippen LogP contribution in [0, 0.1) is 0 Å². The summed E-state index contributed by atoms with van der Waals surface area (Å²) in [7, 11) is -8.48. The lowest BCUT2D eigenvalue weighted by Gasteiger charge is -2.37. The second-order valence-electron chi connectivity index (χ2n) is 10.9. The van der Waals surface area contributed by atoms with Gasteiger partial charge in [0.25, 0.3) is 0 Å². The number of carbonyl (C=O) groups is 3. The molecule has 1 aliphatic rings. The van der Waals surface area contributed by atoms with Crippen LogP contribution in [-0.4, -0.2) is 77.2 Å². The Morgan fingerprint density at radius 2 is 1.69 bits per heavy atom. The molecule has 0 bridgehead atoms. The number of hydrogen-bond donors (Lipinski definition) is 5. The first kappa shape index (κ1) is 34.6. The van der Waals surface area contributed by atoms with Crippen LogP contribution >= 0.6 is 19.4 Å². The van der Waals surface area contributed by atoms with Gasteiger partial charge in [0.2, 0.25) is 27.7 Å². The van der Waals surface area contributed by atoms with E-state index in [0.29, 0.717) is 30.4 Å². The fourth-order valence-electron chi connectivity index (χ4n) is 5.29. The maximum Gasteiger partial charge on any atom is 0.335 e. The normalized spacial score (nSPS) is 17.0. The van der Waals surface area contributed by atoms with Gasteiger partial charge in [0, 0.05) is 18.8 Å². The number of benzene rings is 3. The van der Waals surface area contributed by atoms with Crippen molar-refractivity contribution in [3.63, 3.8) is 0 Å². The van der Waals surface area contributed by atoms with Crippen molar-refractivity contribution in [1.82, 2.24) is 14.9 Å². The van der Waals surface area contributed by atoms with E-state index in [-0.39, 0.29) is 18.8 Å². The first-order valence-electron chi connectivity index (χ1n) is 14.4. The number of carbonyl (C=O) groups excluding carboxylic acids is 3. The van der Waals surface area contributed by atoms with Gasteiger partial charge < -0.3 is 25.7 Å². The van der Waals surface area contributed by atoms with Crippen LogP contribution in [0.25, 0.3) is 10.8 Å². The lowest BCUT2D eigenvalue weighted by molar-refractivity contribution is -0.143. The molecule has 1 saturated heterocycles. The lowest BCUT2D eigenvalue weighted by atomic mass is 9.95. The van der Waals surface area contributed by atoms with Crippen LogP contribution in [0.5, 0.6) is 0 Å². The smallest absolute Gasteiger partial charge is 0.335 e. The van der Waals surface area contributed by atoms with Crippen molar-refractivity contribution >= 4 is 57.9 Å². The highest BCUT2D eigenvalue weighted by atomic mass is 32.2. The van der Waals surface area contributed by atoms with Crippen LogP contribution < -0.4 is 15.8 Å². The predicted octanol–water partition coefficient (Wildman–Crippen LogP) is 2.26. The largest absolute Gasteiger partial charge is 0.369 e. The Balaban J connectivity index is 1.49. The molecule has 3 amide bonds. The van der Waals surface area contributed by atoms with Crippen LogP contribution in [-0.2, 0) is 34.7 Å². The molecule has 1 heterocycles. The summed E-state index contributed by atoms with van der Waals surface area (Å²) in [6.07, 6.45) is 1.53. The predicted molar refractivity (Wildman–Crippen MR) is 174 cm³/mol. The Morgan fingerprint density at radius 3 is 2.38 bits per heavy atom. The molecule has 4 rings (SSSR count). The molecule has 1 aliphatic heterocycles. The highest BCUT2D eigenvalue weighted by Gasteiger charge is 2.37. The minimum Gasteiger partial charge on any atom is -0.369 e. The molecule has 45 heavy (non-hydrogen) atoms. The molecule has 3 atom stereocenters. The Labute approximate surface area is 266 Å². The van der Waals surface area contributed by atoms with Crippen molar-refractivity contribution in [1.29, 1.82) is 0 Å². The second kappa shape index (κ2) is 15.4. The van der Waals surface area contributed by atoms with Gasteiger partial charge in [0.1, 0.15) is 12.1 Å². The molecule has 0 aromatic heterocycles. The number of piperidine rings is 1. The van der Waals surface area contributed by atoms with E-state index < -0.39 is 64.6 Å². The SMILES string of the molecule is NC(=O)C(CNC(=O)C1CCCCN1C(=O)C(CSCP(=O)(O)O)NS(=O)(=O)Cc1ccccc1)c1ccc2ccccc2c1. The number of nitrogens with zero attached hydrogens (tertiary/aromatic N) is 1. The zero-order valence-electron chi connectivity index (χ0n) is 24.4. The second-order valence-corrected chi connectivity index (χ2v) is 15.8. The quantitative estimate of drug-likeness (QED) is 0.159. The van der Waals surface area contributed by atoms with Gasteiger partial charge in [-0.15, -0.1) is 11.8 Å². The number of rotatable bonds is 14. The van der Waals surface area contributed by atoms with Gasteiger partial charge in [-0.1, -0.05) is 72.8 Å². The molecule has 0 aliphatic carbocycles. The van der Waals surface area contributed by atoms with Gasteiger partial charge in [-0.3, -0.25) is 18.9 Å². The average molecular weight is 677 g/mol. The first-order valence-corrected chi connectivity index (χ1v) is 19.0. The Bertz CT molecular complexity index is 1670. The minimum atomic E-state index is -4.43. The van der Waals surface area contributed by atoms with E-state index in [1.165, 1.54) is 4.90 Å². The van der Waals surface area contributed by atoms with E-state index in [9.17, 15) is 37.2 Å². The number of sulfonamides is 1. The summed E-state index contributed by atoms with van der Waals surface area (Å²) in [5.74, 6) is -3.30. The van der Waals surface area contributed by atoms with Gasteiger partial charge in [0.15, 0.2) is 0 Å². The molecular formula is C30H37N4O8PS2. The molecule has 242 valence electrons. The number of thioether (sulfide) groups is 1. The summed E-state index contributed by atoms with van der Waals surface area (Å²) >= 11 is 0.743. The Hall–Kier alpha value is -3.26. The summed E-state index contributed by atoms with van der Waals surface area (Å²) in [5.41, 5.74) is 6.22. The molecule has 1 fully saturated rings. The summed E-state index contributed by atoms with van der Waals surface area (Å²) in [4.78, 5) is 59.6. The summed E-state index contributed by atoms with van der Waals surface area (Å²) < 4.78 is 40.0. The van der Waals surface area contributed by atoms with Crippen molar-refractivity contribution in [2.24, 2.45) is 5.73 Å². The number of nitrogens with one attached hydrogen (secondary N) is 2. The maximum atomic E-state index is 13.8. The fraction of sp³-hybridized carbons (Fsp3) is 0.367. The zero-order valence-corrected chi connectivity index (χ0v) is 27.0. The standard InChI is InChI=1S/C30H37N4O8PS2/c31-28(35)25(24-14-13-22-10-4-5-11-23(22)16-24)17-32-29(36)27-12-6-7-15-34(27)30(37)26(18-44-20-43(38,39)40)33-45(41,42)19-21-8-2-1-3-9-21/h1-5,8-11,13-14,16,25-27,33H,6-7,12,15,17-20H2,(H2,31,35)(H,32,36)(H2,38,39,40). The van der Waals surface area contributed by atoms with Gasteiger partial charge >= 0.3 is 7.60 Å². The molecule has 0 saturated carbocycles. The van der Waals surface area contributed by atoms with Gasteiger partial charge in [0.05, 0.1) is 17.2 Å². The molecular weight excluding hydrogens is 639 g/mol. The van der Waals surface area contributed by atoms with E-state index in [1.54, 1.807) is 36.4 Å². The number of amides is 3. The number of primary amides is 1. The van der Waals surface area contributed by atoms with Crippen LogP contribution in [0.15, 0.2) is 72.8 Å². The van der Waals surface area contributed by atoms with Crippen molar-refractivity contribution in [2.45, 2.75) is 43.0 Å². The Kier molecular flexibility index (Phi) is 11.8. The molecule has 0 radical (unpaired) electrons. The first-order chi connectivity index (χ1) is 21.3. The summed E-state index contributed by atoms with van der Waals surface area (Å²) in [6.45, 7) is 0.0806. The molecule has 15 heteroatoms. The third kappa shape index (κ3) is 10.1. The lowest BCUT2D eigenvalue weighted by Crippen LogP contribution is -2.58. The number of hydrogen-bond acceptors (Lipinski definition) is 7. The minimum absolute atomic E-state index is 0.101. The van der Waals surface area contributed by atoms with E-state index in [1.807, 2.05) is 36.4 Å². The van der Waals surface area contributed by atoms with E-state index in [4.69, 9.17) is 5.73 Å². The average Bonchev–Trinajstić information content (AvgIpc) is 2.99. The van der Waals surface area contributed by atoms with Gasteiger partial charge in [-0.05, 0) is 41.2 Å². The molecule has 12 nitrogen and oxygen atoms in total. The van der Waals surface area contributed by atoms with Gasteiger partial charge in [-0.25, -0.2) is 13.1 Å². The molecule has 0 spiro atoms. The summed E-state index contributed by atoms with van der Waals surface area (Å²) in [5, 5.41) is 4.66. The number of nitrogens with two attached hydrogens (primary N) is 1. The van der Waals surface area contributed by atoms with Crippen molar-refractivity contribution in [3.05, 3.63) is 83.9 Å². The van der Waals surface area contributed by atoms with Crippen LogP contribution in [0.3, 0.4) is 0 Å². The van der Waals surface area contributed by atoms with E-state index in [0.717, 1.165) is 22.5 Å². The van der Waals surface area contributed by atoms with Crippen LogP contribution in [0.4, 0.5) is 0 Å². The molecule has 3 aromatic rings. The van der Waals surface area contributed by atoms with Crippen LogP contribution in [0.1, 0.15) is 36.3 Å². The molecule has 3 unspecified atom stereocenters. The Morgan fingerprint density at radius 1 is 1.00 bits per heavy atom. The highest BCUT2D eigenvalue weighted by Crippen LogP contribution is 2.39. The van der Waals surface area contributed by atoms with E-state index >= 15 is 0 Å². The fourth-order valence-corrected chi connectivity index (χ4v) is 8.57. The highest BCUT2D eigenvalue weighted by molar-refractivity contribution is 8.04. The zero-order chi connectivity index (χ0) is 32.6. The number of fused-ring (bicyclic) bond motifs is 1. The van der Waals surface area contributed by atoms with Gasteiger partial charge in [-0.2, -0.15) is 0 Å². The van der Waals surface area contributed by atoms with Crippen molar-refractivity contribution in [3.8, 4) is 0 Å². The topological polar surface area (TPSA) is 196 Å². The maximum absolute atomic E-state index is 13.8.